The first-order valence-corrected chi connectivity index (χ1v) is 7.12. The Hall–Kier alpha value is -2.90. The van der Waals surface area contributed by atoms with Crippen molar-refractivity contribution in [1.82, 2.24) is 14.9 Å². The quantitative estimate of drug-likeness (QED) is 0.882. The molecule has 8 heteroatoms. The third-order valence-electron chi connectivity index (χ3n) is 3.66. The van der Waals surface area contributed by atoms with Crippen LogP contribution in [0.2, 0.25) is 0 Å². The number of methoxy groups -OCH3 is 1. The van der Waals surface area contributed by atoms with Crippen LogP contribution in [0.3, 0.4) is 0 Å². The molecule has 120 valence electrons. The fraction of sp³-hybridized carbons (Fsp3) is 0.333. The number of nitrogens with two attached hydrogens (primary N) is 1. The number of hydrogen-bond donors (Lipinski definition) is 1. The molecule has 1 atom stereocenters. The Morgan fingerprint density at radius 2 is 2.30 bits per heavy atom. The Morgan fingerprint density at radius 1 is 1.48 bits per heavy atom. The summed E-state index contributed by atoms with van der Waals surface area (Å²) in [5.41, 5.74) is 7.19. The summed E-state index contributed by atoms with van der Waals surface area (Å²) in [6.45, 7) is 0.578. The summed E-state index contributed by atoms with van der Waals surface area (Å²) in [6.07, 6.45) is 0.807. The van der Waals surface area contributed by atoms with Crippen molar-refractivity contribution in [1.29, 1.82) is 0 Å². The zero-order chi connectivity index (χ0) is 16.4. The van der Waals surface area contributed by atoms with Crippen LogP contribution in [0.1, 0.15) is 18.1 Å². The average molecular weight is 316 g/mol. The van der Waals surface area contributed by atoms with Gasteiger partial charge >= 0.3 is 6.09 Å². The summed E-state index contributed by atoms with van der Waals surface area (Å²) in [5.74, 6) is 0.00340. The van der Waals surface area contributed by atoms with Crippen molar-refractivity contribution in [3.63, 3.8) is 0 Å². The minimum atomic E-state index is -0.472. The van der Waals surface area contributed by atoms with Crippen molar-refractivity contribution in [2.24, 2.45) is 5.73 Å². The van der Waals surface area contributed by atoms with Gasteiger partial charge in [0.1, 0.15) is 6.10 Å². The van der Waals surface area contributed by atoms with Gasteiger partial charge in [0, 0.05) is 30.8 Å². The molecule has 1 saturated heterocycles. The number of cyclic esters (lactones) is 1. The fourth-order valence-corrected chi connectivity index (χ4v) is 2.50. The molecule has 0 aliphatic carbocycles. The number of pyridine rings is 2. The van der Waals surface area contributed by atoms with E-state index in [-0.39, 0.29) is 13.0 Å². The number of rotatable bonds is 5. The molecule has 3 heterocycles. The highest BCUT2D eigenvalue weighted by atomic mass is 16.6. The molecule has 2 aromatic rings. The molecule has 8 nitrogen and oxygen atoms in total. The Morgan fingerprint density at radius 3 is 3.04 bits per heavy atom. The number of carbonyl (C=O) groups is 2. The molecular weight excluding hydrogens is 300 g/mol. The molecule has 0 unspecified atom stereocenters. The van der Waals surface area contributed by atoms with Gasteiger partial charge in [-0.1, -0.05) is 0 Å². The van der Waals surface area contributed by atoms with Gasteiger partial charge < -0.3 is 20.1 Å². The number of aromatic nitrogens is 2. The summed E-state index contributed by atoms with van der Waals surface area (Å²) < 4.78 is 10.5. The normalized spacial score (nSPS) is 17.3. The molecular formula is C15H16N4O4. The van der Waals surface area contributed by atoms with E-state index in [4.69, 9.17) is 15.2 Å². The number of amides is 2. The number of primary amides is 1. The third-order valence-corrected chi connectivity index (χ3v) is 3.66. The Labute approximate surface area is 132 Å². The first-order chi connectivity index (χ1) is 11.1. The maximum atomic E-state index is 11.9. The lowest BCUT2D eigenvalue weighted by Crippen LogP contribution is -2.28. The molecule has 0 aromatic carbocycles. The summed E-state index contributed by atoms with van der Waals surface area (Å²) in [5, 5.41) is 0. The smallest absolute Gasteiger partial charge is 0.410 e. The van der Waals surface area contributed by atoms with E-state index in [1.165, 1.54) is 12.0 Å². The van der Waals surface area contributed by atoms with Gasteiger partial charge in [0.15, 0.2) is 0 Å². The second kappa shape index (κ2) is 6.07. The fourth-order valence-electron chi connectivity index (χ4n) is 2.50. The Balaban J connectivity index is 1.88. The van der Waals surface area contributed by atoms with Crippen LogP contribution in [-0.4, -0.2) is 47.1 Å². The molecule has 2 aromatic heterocycles. The molecule has 0 saturated carbocycles. The van der Waals surface area contributed by atoms with Gasteiger partial charge in [-0.25, -0.2) is 9.78 Å². The minimum Gasteiger partial charge on any atom is -0.481 e. The van der Waals surface area contributed by atoms with E-state index in [0.29, 0.717) is 23.5 Å². The van der Waals surface area contributed by atoms with Crippen LogP contribution in [0.25, 0.3) is 11.0 Å². The van der Waals surface area contributed by atoms with Crippen molar-refractivity contribution in [3.05, 3.63) is 30.0 Å². The van der Waals surface area contributed by atoms with Crippen molar-refractivity contribution in [2.45, 2.75) is 12.5 Å². The monoisotopic (exact) mass is 316 g/mol. The molecule has 1 aliphatic heterocycles. The van der Waals surface area contributed by atoms with E-state index in [1.54, 1.807) is 24.4 Å². The van der Waals surface area contributed by atoms with Crippen molar-refractivity contribution in [2.75, 3.05) is 20.2 Å². The highest BCUT2D eigenvalue weighted by molar-refractivity contribution is 5.80. The van der Waals surface area contributed by atoms with Gasteiger partial charge in [0.25, 0.3) is 0 Å². The maximum Gasteiger partial charge on any atom is 0.410 e. The van der Waals surface area contributed by atoms with E-state index in [2.05, 4.69) is 9.97 Å². The summed E-state index contributed by atoms with van der Waals surface area (Å²) in [7, 11) is 1.53. The predicted molar refractivity (Wildman–Crippen MR) is 80.7 cm³/mol. The number of fused-ring (bicyclic) bond motifs is 1. The topological polar surface area (TPSA) is 108 Å². The van der Waals surface area contributed by atoms with Crippen LogP contribution in [0.15, 0.2) is 24.4 Å². The predicted octanol–water partition coefficient (Wildman–Crippen LogP) is 1.01. The lowest BCUT2D eigenvalue weighted by molar-refractivity contribution is -0.118. The van der Waals surface area contributed by atoms with Gasteiger partial charge in [0.05, 0.1) is 24.7 Å². The zero-order valence-electron chi connectivity index (χ0n) is 12.6. The number of carbonyl (C=O) groups excluding carboxylic acids is 2. The molecule has 1 fully saturated rings. The first kappa shape index (κ1) is 15.0. The lowest BCUT2D eigenvalue weighted by atomic mass is 10.1. The van der Waals surface area contributed by atoms with Gasteiger partial charge in [-0.05, 0) is 12.1 Å². The first-order valence-electron chi connectivity index (χ1n) is 7.12. The lowest BCUT2D eigenvalue weighted by Gasteiger charge is -2.12. The van der Waals surface area contributed by atoms with E-state index in [0.717, 1.165) is 5.56 Å². The third kappa shape index (κ3) is 3.01. The molecule has 3 rings (SSSR count). The van der Waals surface area contributed by atoms with Crippen molar-refractivity contribution < 1.29 is 19.1 Å². The van der Waals surface area contributed by atoms with Gasteiger partial charge in [-0.15, -0.1) is 0 Å². The zero-order valence-corrected chi connectivity index (χ0v) is 12.6. The van der Waals surface area contributed by atoms with Crippen LogP contribution >= 0.6 is 0 Å². The van der Waals surface area contributed by atoms with Crippen LogP contribution < -0.4 is 10.5 Å². The summed E-state index contributed by atoms with van der Waals surface area (Å²) in [4.78, 5) is 32.9. The van der Waals surface area contributed by atoms with Gasteiger partial charge in [0.2, 0.25) is 11.8 Å². The average Bonchev–Trinajstić information content (AvgIpc) is 2.92. The van der Waals surface area contributed by atoms with Gasteiger partial charge in [-0.2, -0.15) is 0 Å². The molecule has 2 N–H and O–H groups in total. The number of ether oxygens (including phenoxy) is 2. The molecule has 0 spiro atoms. The standard InChI is InChI=1S/C15H16N4O4/c1-22-13-3-2-10-14(18-13)9(4-6-17-10)11-8-19(15(21)23-11)7-5-12(16)20/h2-4,6,11H,5,7-8H2,1H3,(H2,16,20)/t11-/m1/s1. The van der Waals surface area contributed by atoms with E-state index in [1.807, 2.05) is 0 Å². The molecule has 2 amide bonds. The highest BCUT2D eigenvalue weighted by Crippen LogP contribution is 2.30. The SMILES string of the molecule is COc1ccc2nccc([C@H]3CN(CCC(N)=O)C(=O)O3)c2n1. The van der Waals surface area contributed by atoms with Crippen molar-refractivity contribution >= 4 is 23.0 Å². The number of hydrogen-bond acceptors (Lipinski definition) is 6. The highest BCUT2D eigenvalue weighted by Gasteiger charge is 2.33. The van der Waals surface area contributed by atoms with E-state index >= 15 is 0 Å². The largest absolute Gasteiger partial charge is 0.481 e. The van der Waals surface area contributed by atoms with Crippen LogP contribution in [0, 0.1) is 0 Å². The maximum absolute atomic E-state index is 11.9. The van der Waals surface area contributed by atoms with E-state index < -0.39 is 18.1 Å². The second-order valence-electron chi connectivity index (χ2n) is 5.16. The second-order valence-corrected chi connectivity index (χ2v) is 5.16. The molecule has 23 heavy (non-hydrogen) atoms. The molecule has 1 aliphatic rings. The molecule has 0 bridgehead atoms. The van der Waals surface area contributed by atoms with E-state index in [9.17, 15) is 9.59 Å². The molecule has 0 radical (unpaired) electrons. The minimum absolute atomic E-state index is 0.102. The summed E-state index contributed by atoms with van der Waals surface area (Å²) in [6, 6.07) is 5.29. The summed E-state index contributed by atoms with van der Waals surface area (Å²) >= 11 is 0. The van der Waals surface area contributed by atoms with Crippen LogP contribution in [-0.2, 0) is 9.53 Å². The Bertz CT molecular complexity index is 764. The van der Waals surface area contributed by atoms with Gasteiger partial charge in [-0.3, -0.25) is 9.78 Å². The van der Waals surface area contributed by atoms with Crippen LogP contribution in [0.4, 0.5) is 4.79 Å². The number of nitrogens with zero attached hydrogens (tertiary/aromatic N) is 3. The van der Waals surface area contributed by atoms with Crippen molar-refractivity contribution in [3.8, 4) is 5.88 Å². The Kier molecular flexibility index (Phi) is 3.96. The van der Waals surface area contributed by atoms with Crippen LogP contribution in [0.5, 0.6) is 5.88 Å².